The minimum Gasteiger partial charge on any atom is -0.481 e. The van der Waals surface area contributed by atoms with Crippen LogP contribution >= 0.6 is 0 Å². The first kappa shape index (κ1) is 13.7. The largest absolute Gasteiger partial charge is 0.481 e. The molecule has 3 rings (SSSR count). The van der Waals surface area contributed by atoms with Gasteiger partial charge in [0.15, 0.2) is 0 Å². The van der Waals surface area contributed by atoms with Crippen molar-refractivity contribution in [3.05, 3.63) is 36.0 Å². The van der Waals surface area contributed by atoms with Gasteiger partial charge in [-0.25, -0.2) is 0 Å². The number of carbonyl (C=O) groups excluding carboxylic acids is 1. The van der Waals surface area contributed by atoms with Gasteiger partial charge in [0.05, 0.1) is 5.92 Å². The second kappa shape index (κ2) is 5.24. The molecular weight excluding hydrogens is 268 g/mol. The van der Waals surface area contributed by atoms with Gasteiger partial charge in [-0.3, -0.25) is 9.59 Å². The highest BCUT2D eigenvalue weighted by Gasteiger charge is 2.34. The summed E-state index contributed by atoms with van der Waals surface area (Å²) in [6.45, 7) is 1.90. The fourth-order valence-electron chi connectivity index (χ4n) is 2.50. The molecular formula is C16H18N2O3. The van der Waals surface area contributed by atoms with E-state index in [9.17, 15) is 9.59 Å². The number of hydrogen-bond donors (Lipinski definition) is 2. The number of rotatable bonds is 5. The van der Waals surface area contributed by atoms with E-state index >= 15 is 0 Å². The first-order valence-corrected chi connectivity index (χ1v) is 7.17. The topological polar surface area (TPSA) is 73.4 Å². The summed E-state index contributed by atoms with van der Waals surface area (Å²) in [6, 6.07) is 7.69. The summed E-state index contributed by atoms with van der Waals surface area (Å²) in [7, 11) is 0. The van der Waals surface area contributed by atoms with Crippen molar-refractivity contribution in [3.8, 4) is 0 Å². The Morgan fingerprint density at radius 3 is 2.81 bits per heavy atom. The summed E-state index contributed by atoms with van der Waals surface area (Å²) < 4.78 is 0. The molecule has 0 bridgehead atoms. The lowest BCUT2D eigenvalue weighted by Crippen LogP contribution is -2.38. The molecule has 1 aromatic heterocycles. The minimum absolute atomic E-state index is 0.0814. The summed E-state index contributed by atoms with van der Waals surface area (Å²) in [5, 5.41) is 10.1. The molecule has 1 amide bonds. The summed E-state index contributed by atoms with van der Waals surface area (Å²) in [5.74, 6) is -1.50. The Kier molecular flexibility index (Phi) is 3.41. The van der Waals surface area contributed by atoms with Crippen LogP contribution in [0.25, 0.3) is 10.9 Å². The maximum atomic E-state index is 12.7. The third-order valence-electron chi connectivity index (χ3n) is 3.94. The van der Waals surface area contributed by atoms with Gasteiger partial charge < -0.3 is 15.0 Å². The maximum Gasteiger partial charge on any atom is 0.308 e. The van der Waals surface area contributed by atoms with Gasteiger partial charge in [-0.15, -0.1) is 0 Å². The van der Waals surface area contributed by atoms with E-state index in [1.165, 1.54) is 0 Å². The van der Waals surface area contributed by atoms with Crippen LogP contribution in [0.3, 0.4) is 0 Å². The number of aromatic amines is 1. The predicted molar refractivity (Wildman–Crippen MR) is 79.2 cm³/mol. The van der Waals surface area contributed by atoms with E-state index < -0.39 is 11.9 Å². The third-order valence-corrected chi connectivity index (χ3v) is 3.94. The molecule has 110 valence electrons. The molecule has 1 unspecified atom stereocenters. The zero-order valence-corrected chi connectivity index (χ0v) is 11.9. The fraction of sp³-hybridized carbons (Fsp3) is 0.375. The number of amides is 1. The van der Waals surface area contributed by atoms with Gasteiger partial charge in [0.2, 0.25) is 0 Å². The molecule has 1 heterocycles. The molecule has 21 heavy (non-hydrogen) atoms. The van der Waals surface area contributed by atoms with E-state index in [1.54, 1.807) is 17.9 Å². The average Bonchev–Trinajstić information content (AvgIpc) is 3.20. The molecule has 1 aliphatic rings. The van der Waals surface area contributed by atoms with E-state index in [4.69, 9.17) is 5.11 Å². The molecule has 2 aromatic rings. The van der Waals surface area contributed by atoms with Crippen LogP contribution in [0, 0.1) is 5.92 Å². The van der Waals surface area contributed by atoms with Crippen LogP contribution in [0.4, 0.5) is 0 Å². The van der Waals surface area contributed by atoms with Gasteiger partial charge >= 0.3 is 5.97 Å². The van der Waals surface area contributed by atoms with Crippen LogP contribution in [0.5, 0.6) is 0 Å². The lowest BCUT2D eigenvalue weighted by molar-refractivity contribution is -0.141. The number of fused-ring (bicyclic) bond motifs is 1. The van der Waals surface area contributed by atoms with Gasteiger partial charge in [0.25, 0.3) is 5.91 Å². The number of hydrogen-bond acceptors (Lipinski definition) is 2. The normalized spacial score (nSPS) is 15.9. The number of carboxylic acids is 1. The molecule has 1 atom stereocenters. The van der Waals surface area contributed by atoms with Crippen LogP contribution < -0.4 is 0 Å². The van der Waals surface area contributed by atoms with Gasteiger partial charge in [-0.05, 0) is 36.4 Å². The maximum absolute atomic E-state index is 12.7. The van der Waals surface area contributed by atoms with Crippen LogP contribution in [-0.2, 0) is 4.79 Å². The van der Waals surface area contributed by atoms with E-state index in [0.29, 0.717) is 5.56 Å². The summed E-state index contributed by atoms with van der Waals surface area (Å²) in [5.41, 5.74) is 1.53. The van der Waals surface area contributed by atoms with Crippen molar-refractivity contribution in [1.29, 1.82) is 0 Å². The van der Waals surface area contributed by atoms with Crippen molar-refractivity contribution in [2.24, 2.45) is 5.92 Å². The zero-order chi connectivity index (χ0) is 15.0. The zero-order valence-electron chi connectivity index (χ0n) is 11.9. The molecule has 0 aliphatic heterocycles. The van der Waals surface area contributed by atoms with Crippen LogP contribution in [0.1, 0.15) is 30.1 Å². The van der Waals surface area contributed by atoms with E-state index in [2.05, 4.69) is 4.98 Å². The Hall–Kier alpha value is -2.30. The molecule has 1 aliphatic carbocycles. The Morgan fingerprint density at radius 1 is 1.38 bits per heavy atom. The van der Waals surface area contributed by atoms with Gasteiger partial charge in [-0.2, -0.15) is 0 Å². The van der Waals surface area contributed by atoms with Gasteiger partial charge in [0, 0.05) is 29.9 Å². The van der Waals surface area contributed by atoms with Crippen LogP contribution in [-0.4, -0.2) is 39.5 Å². The van der Waals surface area contributed by atoms with Crippen molar-refractivity contribution in [3.63, 3.8) is 0 Å². The second-order valence-corrected chi connectivity index (χ2v) is 5.71. The van der Waals surface area contributed by atoms with E-state index in [1.807, 2.05) is 24.4 Å². The second-order valence-electron chi connectivity index (χ2n) is 5.71. The number of nitrogens with one attached hydrogen (secondary N) is 1. The molecule has 0 radical (unpaired) electrons. The van der Waals surface area contributed by atoms with E-state index in [0.717, 1.165) is 23.7 Å². The molecule has 1 aromatic carbocycles. The summed E-state index contributed by atoms with van der Waals surface area (Å²) in [6.07, 6.45) is 3.76. The predicted octanol–water partition coefficient (Wildman–Crippen LogP) is 2.49. The quantitative estimate of drug-likeness (QED) is 0.887. The molecule has 2 N–H and O–H groups in total. The van der Waals surface area contributed by atoms with Crippen molar-refractivity contribution in [1.82, 2.24) is 9.88 Å². The highest BCUT2D eigenvalue weighted by atomic mass is 16.4. The summed E-state index contributed by atoms with van der Waals surface area (Å²) >= 11 is 0. The Labute approximate surface area is 122 Å². The lowest BCUT2D eigenvalue weighted by atomic mass is 10.1. The molecule has 1 fully saturated rings. The Bertz CT molecular complexity index is 688. The number of carboxylic acid groups (broad SMARTS) is 1. The third kappa shape index (κ3) is 2.77. The number of benzene rings is 1. The highest BCUT2D eigenvalue weighted by molar-refractivity contribution is 5.98. The van der Waals surface area contributed by atoms with Crippen molar-refractivity contribution >= 4 is 22.8 Å². The average molecular weight is 286 g/mol. The van der Waals surface area contributed by atoms with Crippen LogP contribution in [0.2, 0.25) is 0 Å². The lowest BCUT2D eigenvalue weighted by Gasteiger charge is -2.24. The molecule has 5 nitrogen and oxygen atoms in total. The molecule has 1 saturated carbocycles. The molecule has 5 heteroatoms. The molecule has 0 saturated heterocycles. The van der Waals surface area contributed by atoms with E-state index in [-0.39, 0.29) is 18.5 Å². The van der Waals surface area contributed by atoms with Crippen LogP contribution in [0.15, 0.2) is 30.5 Å². The SMILES string of the molecule is CC(CN(C(=O)c1ccc2cc[nH]c2c1)C1CC1)C(=O)O. The van der Waals surface area contributed by atoms with Gasteiger partial charge in [0.1, 0.15) is 0 Å². The molecule has 0 spiro atoms. The number of H-pyrrole nitrogens is 1. The Balaban J connectivity index is 1.84. The number of aliphatic carboxylic acids is 1. The fourth-order valence-corrected chi connectivity index (χ4v) is 2.50. The first-order valence-electron chi connectivity index (χ1n) is 7.17. The smallest absolute Gasteiger partial charge is 0.308 e. The minimum atomic E-state index is -0.867. The number of nitrogens with zero attached hydrogens (tertiary/aromatic N) is 1. The standard InChI is InChI=1S/C16H18N2O3/c1-10(16(20)21)9-18(13-4-5-13)15(19)12-3-2-11-6-7-17-14(11)8-12/h2-3,6-8,10,13,17H,4-5,9H2,1H3,(H,20,21). The van der Waals surface area contributed by atoms with Crippen molar-refractivity contribution in [2.75, 3.05) is 6.54 Å². The highest BCUT2D eigenvalue weighted by Crippen LogP contribution is 2.29. The first-order chi connectivity index (χ1) is 10.1. The number of aromatic nitrogens is 1. The Morgan fingerprint density at radius 2 is 2.14 bits per heavy atom. The van der Waals surface area contributed by atoms with Crippen molar-refractivity contribution in [2.45, 2.75) is 25.8 Å². The van der Waals surface area contributed by atoms with Crippen molar-refractivity contribution < 1.29 is 14.7 Å². The van der Waals surface area contributed by atoms with Gasteiger partial charge in [-0.1, -0.05) is 13.0 Å². The summed E-state index contributed by atoms with van der Waals surface area (Å²) in [4.78, 5) is 28.5. The number of carbonyl (C=O) groups is 2. The monoisotopic (exact) mass is 286 g/mol.